The van der Waals surface area contributed by atoms with Crippen LogP contribution in [0.1, 0.15) is 43.7 Å². The number of piperidine rings is 1. The van der Waals surface area contributed by atoms with Crippen molar-refractivity contribution in [1.29, 1.82) is 0 Å². The van der Waals surface area contributed by atoms with Gasteiger partial charge in [0.15, 0.2) is 0 Å². The van der Waals surface area contributed by atoms with Crippen LogP contribution >= 0.6 is 0 Å². The van der Waals surface area contributed by atoms with Gasteiger partial charge in [-0.15, -0.1) is 0 Å². The average molecular weight is 231 g/mol. The minimum Gasteiger partial charge on any atom is -0.356 e. The third kappa shape index (κ3) is 3.09. The van der Waals surface area contributed by atoms with E-state index in [1.807, 2.05) is 0 Å². The number of nitrogens with one attached hydrogen (secondary N) is 1. The van der Waals surface area contributed by atoms with Gasteiger partial charge in [0.2, 0.25) is 5.91 Å². The van der Waals surface area contributed by atoms with Crippen molar-refractivity contribution >= 4 is 5.91 Å². The van der Waals surface area contributed by atoms with Crippen LogP contribution in [-0.4, -0.2) is 12.5 Å². The first kappa shape index (κ1) is 12.2. The summed E-state index contributed by atoms with van der Waals surface area (Å²) in [4.78, 5) is 11.7. The Balaban J connectivity index is 2.00. The van der Waals surface area contributed by atoms with Crippen molar-refractivity contribution in [1.82, 2.24) is 5.32 Å². The predicted octanol–water partition coefficient (Wildman–Crippen LogP) is 2.88. The highest BCUT2D eigenvalue weighted by Crippen LogP contribution is 2.20. The third-order valence-electron chi connectivity index (χ3n) is 3.53. The minimum absolute atomic E-state index is 0.175. The van der Waals surface area contributed by atoms with Crippen molar-refractivity contribution < 1.29 is 4.79 Å². The van der Waals surface area contributed by atoms with Crippen molar-refractivity contribution in [2.24, 2.45) is 5.92 Å². The summed E-state index contributed by atoms with van der Waals surface area (Å²) in [5, 5.41) is 2.94. The molecule has 1 N–H and O–H groups in total. The van der Waals surface area contributed by atoms with Gasteiger partial charge in [0.1, 0.15) is 0 Å². The molecule has 17 heavy (non-hydrogen) atoms. The van der Waals surface area contributed by atoms with E-state index in [9.17, 15) is 4.79 Å². The fourth-order valence-electron chi connectivity index (χ4n) is 2.35. The van der Waals surface area contributed by atoms with Crippen molar-refractivity contribution in [3.8, 4) is 0 Å². The summed E-state index contributed by atoms with van der Waals surface area (Å²) in [6.07, 6.45) is 3.02. The number of carbonyl (C=O) groups excluding carboxylic acids is 1. The second-order valence-corrected chi connectivity index (χ2v) is 5.23. The molecule has 0 spiro atoms. The molecule has 2 rings (SSSR count). The van der Waals surface area contributed by atoms with E-state index in [0.29, 0.717) is 5.92 Å². The summed E-state index contributed by atoms with van der Waals surface area (Å²) in [6.45, 7) is 5.24. The van der Waals surface area contributed by atoms with Crippen LogP contribution in [0.15, 0.2) is 24.3 Å². The minimum atomic E-state index is 0.175. The van der Waals surface area contributed by atoms with Gasteiger partial charge in [-0.05, 0) is 36.3 Å². The number of amides is 1. The van der Waals surface area contributed by atoms with Crippen molar-refractivity contribution in [3.05, 3.63) is 35.4 Å². The smallest absolute Gasteiger partial charge is 0.223 e. The summed E-state index contributed by atoms with van der Waals surface area (Å²) >= 11 is 0. The number of hydrogen-bond donors (Lipinski definition) is 1. The lowest BCUT2D eigenvalue weighted by molar-refractivity contribution is -0.126. The molecule has 1 aromatic carbocycles. The van der Waals surface area contributed by atoms with E-state index in [-0.39, 0.29) is 11.8 Å². The predicted molar refractivity (Wildman–Crippen MR) is 70.0 cm³/mol. The van der Waals surface area contributed by atoms with E-state index >= 15 is 0 Å². The second-order valence-electron chi connectivity index (χ2n) is 5.23. The molecule has 1 fully saturated rings. The zero-order valence-electron chi connectivity index (χ0n) is 10.7. The first-order chi connectivity index (χ1) is 8.16. The molecule has 0 bridgehead atoms. The summed E-state index contributed by atoms with van der Waals surface area (Å²) in [5.41, 5.74) is 2.64. The number of hydrogen-bond acceptors (Lipinski definition) is 1. The highest BCUT2D eigenvalue weighted by Gasteiger charge is 2.21. The van der Waals surface area contributed by atoms with Crippen molar-refractivity contribution in [3.63, 3.8) is 0 Å². The Morgan fingerprint density at radius 3 is 2.59 bits per heavy atom. The fourth-order valence-corrected chi connectivity index (χ4v) is 2.35. The molecule has 1 atom stereocenters. The molecule has 1 amide bonds. The van der Waals surface area contributed by atoms with Crippen molar-refractivity contribution in [2.45, 2.75) is 39.0 Å². The van der Waals surface area contributed by atoms with E-state index in [1.165, 1.54) is 11.1 Å². The van der Waals surface area contributed by atoms with Crippen LogP contribution in [0.2, 0.25) is 0 Å². The maximum atomic E-state index is 11.7. The normalized spacial score (nSPS) is 20.4. The van der Waals surface area contributed by atoms with Gasteiger partial charge in [0.25, 0.3) is 0 Å². The highest BCUT2D eigenvalue weighted by atomic mass is 16.1. The molecule has 92 valence electrons. The Morgan fingerprint density at radius 1 is 1.29 bits per heavy atom. The molecule has 1 heterocycles. The van der Waals surface area contributed by atoms with E-state index in [2.05, 4.69) is 43.4 Å². The van der Waals surface area contributed by atoms with E-state index in [4.69, 9.17) is 0 Å². The molecule has 2 heteroatoms. The maximum absolute atomic E-state index is 11.7. The van der Waals surface area contributed by atoms with Crippen LogP contribution in [0.4, 0.5) is 0 Å². The summed E-state index contributed by atoms with van der Waals surface area (Å²) in [6, 6.07) is 8.69. The van der Waals surface area contributed by atoms with Gasteiger partial charge >= 0.3 is 0 Å². The Bertz CT molecular complexity index is 380. The molecule has 2 nitrogen and oxygen atoms in total. The Morgan fingerprint density at radius 2 is 2.00 bits per heavy atom. The van der Waals surface area contributed by atoms with Gasteiger partial charge in [-0.1, -0.05) is 38.1 Å². The number of carbonyl (C=O) groups is 1. The standard InChI is InChI=1S/C15H21NO/c1-11(2)13-7-5-12(6-8-13)10-14-4-3-9-16-15(14)17/h5-8,11,14H,3-4,9-10H2,1-2H3,(H,16,17). The Kier molecular flexibility index (Phi) is 3.82. The van der Waals surface area contributed by atoms with Gasteiger partial charge in [-0.2, -0.15) is 0 Å². The van der Waals surface area contributed by atoms with Crippen LogP contribution in [0.3, 0.4) is 0 Å². The second kappa shape index (κ2) is 5.35. The van der Waals surface area contributed by atoms with Crippen LogP contribution in [0.25, 0.3) is 0 Å². The van der Waals surface area contributed by atoms with Crippen LogP contribution in [0.5, 0.6) is 0 Å². The molecule has 0 saturated carbocycles. The lowest BCUT2D eigenvalue weighted by Crippen LogP contribution is -2.37. The largest absolute Gasteiger partial charge is 0.356 e. The molecular formula is C15H21NO. The van der Waals surface area contributed by atoms with E-state index in [0.717, 1.165) is 25.8 Å². The summed E-state index contributed by atoms with van der Waals surface area (Å²) in [5.74, 6) is 0.972. The molecular weight excluding hydrogens is 210 g/mol. The number of rotatable bonds is 3. The molecule has 0 aliphatic carbocycles. The van der Waals surface area contributed by atoms with Gasteiger partial charge in [0.05, 0.1) is 0 Å². The first-order valence-electron chi connectivity index (χ1n) is 6.53. The molecule has 1 unspecified atom stereocenters. The summed E-state index contributed by atoms with van der Waals surface area (Å²) in [7, 11) is 0. The topological polar surface area (TPSA) is 29.1 Å². The van der Waals surface area contributed by atoms with E-state index < -0.39 is 0 Å². The first-order valence-corrected chi connectivity index (χ1v) is 6.53. The van der Waals surface area contributed by atoms with Gasteiger partial charge in [-0.25, -0.2) is 0 Å². The quantitative estimate of drug-likeness (QED) is 0.851. The van der Waals surface area contributed by atoms with Crippen molar-refractivity contribution in [2.75, 3.05) is 6.54 Å². The number of benzene rings is 1. The monoisotopic (exact) mass is 231 g/mol. The molecule has 1 aliphatic rings. The zero-order valence-corrected chi connectivity index (χ0v) is 10.7. The van der Waals surface area contributed by atoms with Crippen LogP contribution in [0, 0.1) is 5.92 Å². The Hall–Kier alpha value is -1.31. The highest BCUT2D eigenvalue weighted by molar-refractivity contribution is 5.79. The molecule has 1 aromatic rings. The molecule has 0 aromatic heterocycles. The van der Waals surface area contributed by atoms with Gasteiger partial charge in [-0.3, -0.25) is 4.79 Å². The van der Waals surface area contributed by atoms with Crippen LogP contribution in [-0.2, 0) is 11.2 Å². The average Bonchev–Trinajstić information content (AvgIpc) is 2.33. The molecule has 0 radical (unpaired) electrons. The Labute approximate surface area is 103 Å². The van der Waals surface area contributed by atoms with E-state index in [1.54, 1.807) is 0 Å². The van der Waals surface area contributed by atoms with Gasteiger partial charge in [0, 0.05) is 12.5 Å². The zero-order chi connectivity index (χ0) is 12.3. The lowest BCUT2D eigenvalue weighted by atomic mass is 9.90. The van der Waals surface area contributed by atoms with Crippen LogP contribution < -0.4 is 5.32 Å². The SMILES string of the molecule is CC(C)c1ccc(CC2CCCNC2=O)cc1. The molecule has 1 saturated heterocycles. The van der Waals surface area contributed by atoms with Gasteiger partial charge < -0.3 is 5.32 Å². The third-order valence-corrected chi connectivity index (χ3v) is 3.53. The lowest BCUT2D eigenvalue weighted by Gasteiger charge is -2.21. The molecule has 1 aliphatic heterocycles. The maximum Gasteiger partial charge on any atom is 0.223 e. The fraction of sp³-hybridized carbons (Fsp3) is 0.533. The summed E-state index contributed by atoms with van der Waals surface area (Å²) < 4.78 is 0.